The first-order valence-corrected chi connectivity index (χ1v) is 5.25. The van der Waals surface area contributed by atoms with E-state index in [1.165, 1.54) is 0 Å². The Morgan fingerprint density at radius 2 is 2.36 bits per heavy atom. The number of thioether (sulfide) groups is 1. The molecule has 0 atom stereocenters. The van der Waals surface area contributed by atoms with Gasteiger partial charge in [0.05, 0.1) is 17.2 Å². The second kappa shape index (κ2) is 3.72. The van der Waals surface area contributed by atoms with Crippen LogP contribution in [-0.4, -0.2) is 18.2 Å². The number of carbonyl (C=O) groups is 1. The molecular weight excluding hydrogens is 196 g/mol. The Labute approximate surface area is 86.1 Å². The van der Waals surface area contributed by atoms with Gasteiger partial charge in [-0.1, -0.05) is 0 Å². The van der Waals surface area contributed by atoms with Crippen molar-refractivity contribution in [3.8, 4) is 6.07 Å². The highest BCUT2D eigenvalue weighted by Crippen LogP contribution is 2.25. The highest BCUT2D eigenvalue weighted by molar-refractivity contribution is 7.99. The smallest absolute Gasteiger partial charge is 0.252 e. The van der Waals surface area contributed by atoms with Crippen LogP contribution in [0.25, 0.3) is 0 Å². The SMILES string of the molecule is N#Cc1ccc2c(c1)SCCNC2=O. The van der Waals surface area contributed by atoms with Crippen molar-refractivity contribution in [3.63, 3.8) is 0 Å². The Morgan fingerprint density at radius 1 is 1.50 bits per heavy atom. The summed E-state index contributed by atoms with van der Waals surface area (Å²) in [6.45, 7) is 0.681. The summed E-state index contributed by atoms with van der Waals surface area (Å²) in [4.78, 5) is 12.4. The molecule has 0 bridgehead atoms. The fraction of sp³-hybridized carbons (Fsp3) is 0.200. The van der Waals surface area contributed by atoms with Crippen LogP contribution in [-0.2, 0) is 0 Å². The van der Waals surface area contributed by atoms with E-state index in [4.69, 9.17) is 5.26 Å². The fourth-order valence-electron chi connectivity index (χ4n) is 1.32. The first kappa shape index (κ1) is 9.10. The largest absolute Gasteiger partial charge is 0.351 e. The van der Waals surface area contributed by atoms with Gasteiger partial charge in [-0.3, -0.25) is 4.79 Å². The summed E-state index contributed by atoms with van der Waals surface area (Å²) in [6, 6.07) is 7.22. The summed E-state index contributed by atoms with van der Waals surface area (Å²) >= 11 is 1.61. The average Bonchev–Trinajstić information content (AvgIpc) is 2.40. The zero-order valence-corrected chi connectivity index (χ0v) is 8.23. The van der Waals surface area contributed by atoms with Gasteiger partial charge in [-0.25, -0.2) is 0 Å². The van der Waals surface area contributed by atoms with Crippen LogP contribution >= 0.6 is 11.8 Å². The van der Waals surface area contributed by atoms with Crippen molar-refractivity contribution in [2.24, 2.45) is 0 Å². The number of benzene rings is 1. The lowest BCUT2D eigenvalue weighted by Crippen LogP contribution is -2.23. The van der Waals surface area contributed by atoms with E-state index in [0.29, 0.717) is 17.7 Å². The summed E-state index contributed by atoms with van der Waals surface area (Å²) in [7, 11) is 0. The normalized spacial score (nSPS) is 14.9. The number of nitriles is 1. The predicted octanol–water partition coefficient (Wildman–Crippen LogP) is 1.39. The lowest BCUT2D eigenvalue weighted by atomic mass is 10.1. The lowest BCUT2D eigenvalue weighted by molar-refractivity contribution is 0.0954. The zero-order chi connectivity index (χ0) is 9.97. The molecule has 3 nitrogen and oxygen atoms in total. The maximum atomic E-state index is 11.5. The average molecular weight is 204 g/mol. The highest BCUT2D eigenvalue weighted by Gasteiger charge is 2.15. The van der Waals surface area contributed by atoms with Gasteiger partial charge < -0.3 is 5.32 Å². The number of carbonyl (C=O) groups excluding carboxylic acids is 1. The monoisotopic (exact) mass is 204 g/mol. The molecule has 1 heterocycles. The van der Waals surface area contributed by atoms with Crippen LogP contribution in [0.4, 0.5) is 0 Å². The Morgan fingerprint density at radius 3 is 3.14 bits per heavy atom. The molecule has 0 fully saturated rings. The van der Waals surface area contributed by atoms with E-state index in [9.17, 15) is 4.79 Å². The maximum Gasteiger partial charge on any atom is 0.252 e. The third kappa shape index (κ3) is 1.59. The minimum absolute atomic E-state index is 0.0468. The fourth-order valence-corrected chi connectivity index (χ4v) is 2.27. The molecule has 1 N–H and O–H groups in total. The van der Waals surface area contributed by atoms with Gasteiger partial charge in [0, 0.05) is 17.2 Å². The highest BCUT2D eigenvalue weighted by atomic mass is 32.2. The molecule has 1 aliphatic heterocycles. The molecule has 0 saturated carbocycles. The number of fused-ring (bicyclic) bond motifs is 1. The summed E-state index contributed by atoms with van der Waals surface area (Å²) < 4.78 is 0. The molecule has 0 unspecified atom stereocenters. The van der Waals surface area contributed by atoms with Gasteiger partial charge in [0.2, 0.25) is 0 Å². The van der Waals surface area contributed by atoms with Crippen LogP contribution in [0.2, 0.25) is 0 Å². The topological polar surface area (TPSA) is 52.9 Å². The minimum Gasteiger partial charge on any atom is -0.351 e. The molecule has 1 aromatic carbocycles. The standard InChI is InChI=1S/C10H8N2OS/c11-6-7-1-2-8-9(5-7)14-4-3-12-10(8)13/h1-2,5H,3-4H2,(H,12,13). The second-order valence-electron chi connectivity index (χ2n) is 2.93. The molecule has 0 radical (unpaired) electrons. The van der Waals surface area contributed by atoms with E-state index in [1.807, 2.05) is 0 Å². The first-order valence-electron chi connectivity index (χ1n) is 4.26. The first-order chi connectivity index (χ1) is 6.81. The molecule has 70 valence electrons. The van der Waals surface area contributed by atoms with E-state index < -0.39 is 0 Å². The van der Waals surface area contributed by atoms with Crippen LogP contribution < -0.4 is 5.32 Å². The molecule has 14 heavy (non-hydrogen) atoms. The number of hydrogen-bond donors (Lipinski definition) is 1. The second-order valence-corrected chi connectivity index (χ2v) is 4.06. The molecule has 0 spiro atoms. The van der Waals surface area contributed by atoms with Crippen molar-refractivity contribution in [3.05, 3.63) is 29.3 Å². The third-order valence-corrected chi connectivity index (χ3v) is 3.06. The Kier molecular flexibility index (Phi) is 2.42. The number of hydrogen-bond acceptors (Lipinski definition) is 3. The van der Waals surface area contributed by atoms with Crippen molar-refractivity contribution in [2.45, 2.75) is 4.90 Å². The molecule has 0 saturated heterocycles. The summed E-state index contributed by atoms with van der Waals surface area (Å²) in [5.41, 5.74) is 1.28. The molecule has 2 rings (SSSR count). The van der Waals surface area contributed by atoms with Crippen LogP contribution in [0.3, 0.4) is 0 Å². The van der Waals surface area contributed by atoms with Crippen molar-refractivity contribution < 1.29 is 4.79 Å². The summed E-state index contributed by atoms with van der Waals surface area (Å²) in [5, 5.41) is 11.5. The van der Waals surface area contributed by atoms with Gasteiger partial charge in [-0.2, -0.15) is 5.26 Å². The van der Waals surface area contributed by atoms with E-state index in [1.54, 1.807) is 30.0 Å². The Bertz CT molecular complexity index is 423. The van der Waals surface area contributed by atoms with Crippen LogP contribution in [0.5, 0.6) is 0 Å². The van der Waals surface area contributed by atoms with E-state index in [2.05, 4.69) is 11.4 Å². The van der Waals surface area contributed by atoms with Crippen LogP contribution in [0.1, 0.15) is 15.9 Å². The Hall–Kier alpha value is -1.47. The van der Waals surface area contributed by atoms with E-state index >= 15 is 0 Å². The lowest BCUT2D eigenvalue weighted by Gasteiger charge is -2.02. The van der Waals surface area contributed by atoms with Gasteiger partial charge in [0.15, 0.2) is 0 Å². The van der Waals surface area contributed by atoms with Gasteiger partial charge in [-0.15, -0.1) is 11.8 Å². The summed E-state index contributed by atoms with van der Waals surface area (Å²) in [6.07, 6.45) is 0. The van der Waals surface area contributed by atoms with Crippen LogP contribution in [0.15, 0.2) is 23.1 Å². The van der Waals surface area contributed by atoms with Crippen molar-refractivity contribution in [1.29, 1.82) is 5.26 Å². The van der Waals surface area contributed by atoms with Crippen molar-refractivity contribution in [1.82, 2.24) is 5.32 Å². The van der Waals surface area contributed by atoms with Gasteiger partial charge >= 0.3 is 0 Å². The third-order valence-electron chi connectivity index (χ3n) is 2.00. The van der Waals surface area contributed by atoms with Gasteiger partial charge in [0.1, 0.15) is 0 Å². The molecule has 0 aromatic heterocycles. The Balaban J connectivity index is 2.49. The van der Waals surface area contributed by atoms with Gasteiger partial charge in [-0.05, 0) is 18.2 Å². The van der Waals surface area contributed by atoms with E-state index in [0.717, 1.165) is 10.6 Å². The number of nitrogens with one attached hydrogen (secondary N) is 1. The number of amides is 1. The summed E-state index contributed by atoms with van der Waals surface area (Å²) in [5.74, 6) is 0.808. The molecule has 1 amide bonds. The molecule has 0 aliphatic carbocycles. The van der Waals surface area contributed by atoms with Crippen LogP contribution in [0, 0.1) is 11.3 Å². The van der Waals surface area contributed by atoms with Crippen molar-refractivity contribution >= 4 is 17.7 Å². The quantitative estimate of drug-likeness (QED) is 0.695. The zero-order valence-electron chi connectivity index (χ0n) is 7.41. The number of rotatable bonds is 0. The molecule has 4 heteroatoms. The molecule has 1 aromatic rings. The maximum absolute atomic E-state index is 11.5. The van der Waals surface area contributed by atoms with E-state index in [-0.39, 0.29) is 5.91 Å². The van der Waals surface area contributed by atoms with Gasteiger partial charge in [0.25, 0.3) is 5.91 Å². The molecule has 1 aliphatic rings. The molecular formula is C10H8N2OS. The number of nitrogens with zero attached hydrogens (tertiary/aromatic N) is 1. The predicted molar refractivity (Wildman–Crippen MR) is 54.2 cm³/mol. The van der Waals surface area contributed by atoms with Crippen molar-refractivity contribution in [2.75, 3.05) is 12.3 Å². The minimum atomic E-state index is -0.0468.